The molecule has 0 aliphatic rings. The lowest BCUT2D eigenvalue weighted by Crippen LogP contribution is -2.39. The Bertz CT molecular complexity index is 374. The summed E-state index contributed by atoms with van der Waals surface area (Å²) in [7, 11) is 0. The molecular formula is C13H20BrFN2. The van der Waals surface area contributed by atoms with E-state index >= 15 is 0 Å². The average molecular weight is 303 g/mol. The third-order valence-electron chi connectivity index (χ3n) is 2.58. The Morgan fingerprint density at radius 1 is 1.41 bits per heavy atom. The van der Waals surface area contributed by atoms with Crippen LogP contribution < -0.4 is 11.3 Å². The van der Waals surface area contributed by atoms with Gasteiger partial charge in [0, 0.05) is 10.5 Å². The molecule has 2 nitrogen and oxygen atoms in total. The number of hydrogen-bond acceptors (Lipinski definition) is 2. The van der Waals surface area contributed by atoms with E-state index in [4.69, 9.17) is 5.84 Å². The number of halogens is 2. The number of nitrogens with one attached hydrogen (secondary N) is 1. The number of hydrazine groups is 1. The first kappa shape index (κ1) is 14.6. The molecule has 1 rings (SSSR count). The zero-order valence-corrected chi connectivity index (χ0v) is 12.1. The quantitative estimate of drug-likeness (QED) is 0.661. The highest BCUT2D eigenvalue weighted by molar-refractivity contribution is 9.10. The van der Waals surface area contributed by atoms with E-state index in [0.717, 1.165) is 10.9 Å². The monoisotopic (exact) mass is 302 g/mol. The van der Waals surface area contributed by atoms with Gasteiger partial charge in [-0.25, -0.2) is 4.39 Å². The van der Waals surface area contributed by atoms with Crippen LogP contribution in [-0.4, -0.2) is 6.04 Å². The number of rotatable bonds is 4. The zero-order chi connectivity index (χ0) is 13.1. The number of nitrogens with two attached hydrogens (primary N) is 1. The van der Waals surface area contributed by atoms with Crippen molar-refractivity contribution < 1.29 is 4.39 Å². The van der Waals surface area contributed by atoms with Crippen LogP contribution >= 0.6 is 15.9 Å². The van der Waals surface area contributed by atoms with E-state index in [-0.39, 0.29) is 17.3 Å². The topological polar surface area (TPSA) is 38.0 Å². The van der Waals surface area contributed by atoms with Gasteiger partial charge < -0.3 is 0 Å². The van der Waals surface area contributed by atoms with E-state index in [1.807, 2.05) is 6.07 Å². The van der Waals surface area contributed by atoms with Crippen LogP contribution in [0.25, 0.3) is 0 Å². The fourth-order valence-electron chi connectivity index (χ4n) is 1.88. The van der Waals surface area contributed by atoms with Gasteiger partial charge >= 0.3 is 0 Å². The predicted octanol–water partition coefficient (Wildman–Crippen LogP) is 3.40. The Kier molecular flexibility index (Phi) is 5.10. The zero-order valence-electron chi connectivity index (χ0n) is 10.6. The summed E-state index contributed by atoms with van der Waals surface area (Å²) in [5.74, 6) is 5.34. The standard InChI is InChI=1S/C13H20BrFN2/c1-13(2,3)8-11(17-16)6-9-4-5-10(14)7-12(9)15/h4-5,7,11,17H,6,8,16H2,1-3H3. The van der Waals surface area contributed by atoms with E-state index < -0.39 is 0 Å². The first-order valence-corrected chi connectivity index (χ1v) is 6.51. The SMILES string of the molecule is CC(C)(C)CC(Cc1ccc(Br)cc1F)NN. The summed E-state index contributed by atoms with van der Waals surface area (Å²) in [5.41, 5.74) is 3.63. The van der Waals surface area contributed by atoms with Gasteiger partial charge in [0.25, 0.3) is 0 Å². The highest BCUT2D eigenvalue weighted by atomic mass is 79.9. The molecule has 4 heteroatoms. The summed E-state index contributed by atoms with van der Waals surface area (Å²) in [6.07, 6.45) is 1.51. The van der Waals surface area contributed by atoms with Gasteiger partial charge in [-0.15, -0.1) is 0 Å². The summed E-state index contributed by atoms with van der Waals surface area (Å²) >= 11 is 3.25. The molecule has 0 saturated heterocycles. The molecule has 0 aliphatic heterocycles. The third-order valence-corrected chi connectivity index (χ3v) is 3.07. The summed E-state index contributed by atoms with van der Waals surface area (Å²) < 4.78 is 14.4. The van der Waals surface area contributed by atoms with Crippen molar-refractivity contribution in [3.8, 4) is 0 Å². The average Bonchev–Trinajstić information content (AvgIpc) is 2.19. The molecule has 0 fully saturated rings. The lowest BCUT2D eigenvalue weighted by molar-refractivity contribution is 0.307. The lowest BCUT2D eigenvalue weighted by atomic mass is 9.86. The molecule has 0 radical (unpaired) electrons. The fourth-order valence-corrected chi connectivity index (χ4v) is 2.22. The van der Waals surface area contributed by atoms with Gasteiger partial charge in [0.15, 0.2) is 0 Å². The van der Waals surface area contributed by atoms with Crippen molar-refractivity contribution in [2.45, 2.75) is 39.7 Å². The highest BCUT2D eigenvalue weighted by Gasteiger charge is 2.19. The minimum atomic E-state index is -0.187. The second kappa shape index (κ2) is 5.94. The van der Waals surface area contributed by atoms with Crippen molar-refractivity contribution >= 4 is 15.9 Å². The Balaban J connectivity index is 2.74. The van der Waals surface area contributed by atoms with Gasteiger partial charge in [-0.3, -0.25) is 11.3 Å². The minimum Gasteiger partial charge on any atom is -0.271 e. The summed E-state index contributed by atoms with van der Waals surface area (Å²) in [4.78, 5) is 0. The number of benzene rings is 1. The summed E-state index contributed by atoms with van der Waals surface area (Å²) in [6.45, 7) is 6.44. The molecule has 1 aromatic carbocycles. The van der Waals surface area contributed by atoms with Crippen LogP contribution in [0.5, 0.6) is 0 Å². The van der Waals surface area contributed by atoms with Gasteiger partial charge in [-0.05, 0) is 36.0 Å². The van der Waals surface area contributed by atoms with Gasteiger partial charge in [0.05, 0.1) is 0 Å². The van der Waals surface area contributed by atoms with E-state index in [0.29, 0.717) is 12.0 Å². The van der Waals surface area contributed by atoms with Crippen molar-refractivity contribution in [3.63, 3.8) is 0 Å². The van der Waals surface area contributed by atoms with E-state index in [1.165, 1.54) is 6.07 Å². The molecule has 0 heterocycles. The Morgan fingerprint density at radius 2 is 2.06 bits per heavy atom. The maximum absolute atomic E-state index is 13.7. The van der Waals surface area contributed by atoms with Crippen LogP contribution in [0.2, 0.25) is 0 Å². The molecule has 1 aromatic rings. The fraction of sp³-hybridized carbons (Fsp3) is 0.538. The van der Waals surface area contributed by atoms with E-state index in [1.54, 1.807) is 6.07 Å². The molecule has 0 spiro atoms. The maximum Gasteiger partial charge on any atom is 0.127 e. The van der Waals surface area contributed by atoms with Crippen LogP contribution in [-0.2, 0) is 6.42 Å². The minimum absolute atomic E-state index is 0.0886. The van der Waals surface area contributed by atoms with E-state index in [9.17, 15) is 4.39 Å². The van der Waals surface area contributed by atoms with Crippen molar-refractivity contribution in [3.05, 3.63) is 34.1 Å². The smallest absolute Gasteiger partial charge is 0.127 e. The van der Waals surface area contributed by atoms with Gasteiger partial charge in [-0.1, -0.05) is 42.8 Å². The normalized spacial score (nSPS) is 13.8. The van der Waals surface area contributed by atoms with Crippen molar-refractivity contribution in [1.29, 1.82) is 0 Å². The summed E-state index contributed by atoms with van der Waals surface area (Å²) in [6, 6.07) is 5.22. The van der Waals surface area contributed by atoms with E-state index in [2.05, 4.69) is 42.1 Å². The van der Waals surface area contributed by atoms with Crippen LogP contribution in [0.15, 0.2) is 22.7 Å². The second-order valence-electron chi connectivity index (χ2n) is 5.57. The molecule has 17 heavy (non-hydrogen) atoms. The second-order valence-corrected chi connectivity index (χ2v) is 6.48. The highest BCUT2D eigenvalue weighted by Crippen LogP contribution is 2.23. The van der Waals surface area contributed by atoms with Crippen LogP contribution in [0.4, 0.5) is 4.39 Å². The van der Waals surface area contributed by atoms with Gasteiger partial charge in [-0.2, -0.15) is 0 Å². The number of hydrogen-bond donors (Lipinski definition) is 2. The first-order valence-electron chi connectivity index (χ1n) is 5.72. The molecule has 1 atom stereocenters. The Hall–Kier alpha value is -0.450. The molecule has 0 aliphatic carbocycles. The Labute approximate surface area is 111 Å². The maximum atomic E-state index is 13.7. The lowest BCUT2D eigenvalue weighted by Gasteiger charge is -2.25. The summed E-state index contributed by atoms with van der Waals surface area (Å²) in [5, 5.41) is 0. The van der Waals surface area contributed by atoms with Crippen molar-refractivity contribution in [2.24, 2.45) is 11.3 Å². The largest absolute Gasteiger partial charge is 0.271 e. The third kappa shape index (κ3) is 5.15. The molecule has 0 bridgehead atoms. The van der Waals surface area contributed by atoms with Crippen LogP contribution in [0, 0.1) is 11.2 Å². The molecule has 1 unspecified atom stereocenters. The molecule has 0 aromatic heterocycles. The Morgan fingerprint density at radius 3 is 2.53 bits per heavy atom. The van der Waals surface area contributed by atoms with Gasteiger partial charge in [0.1, 0.15) is 5.82 Å². The molecule has 96 valence electrons. The molecule has 3 N–H and O–H groups in total. The van der Waals surface area contributed by atoms with Crippen LogP contribution in [0.1, 0.15) is 32.8 Å². The molecule has 0 saturated carbocycles. The van der Waals surface area contributed by atoms with Crippen molar-refractivity contribution in [1.82, 2.24) is 5.43 Å². The molecule has 0 amide bonds. The van der Waals surface area contributed by atoms with Gasteiger partial charge in [0.2, 0.25) is 0 Å². The predicted molar refractivity (Wildman–Crippen MR) is 73.0 cm³/mol. The molecular weight excluding hydrogens is 283 g/mol. The van der Waals surface area contributed by atoms with Crippen LogP contribution in [0.3, 0.4) is 0 Å². The first-order chi connectivity index (χ1) is 7.81. The van der Waals surface area contributed by atoms with Crippen molar-refractivity contribution in [2.75, 3.05) is 0 Å².